The Kier molecular flexibility index (Phi) is 21.1. The van der Waals surface area contributed by atoms with E-state index in [0.717, 1.165) is 102 Å². The summed E-state index contributed by atoms with van der Waals surface area (Å²) in [5, 5.41) is 0. The number of carbonyl (C=O) groups excluding carboxylic acids is 3. The third-order valence-electron chi connectivity index (χ3n) is 8.41. The molecule has 0 aliphatic carbocycles. The zero-order chi connectivity index (χ0) is 36.4. The molecule has 1 aliphatic rings. The Labute approximate surface area is 302 Å². The molecule has 2 aromatic carbocycles. The molecule has 1 saturated heterocycles. The summed E-state index contributed by atoms with van der Waals surface area (Å²) < 4.78 is 44.7. The molecule has 0 radical (unpaired) electrons. The fraction of sp³-hybridized carbons (Fsp3) is 0.575. The molecule has 1 aliphatic heterocycles. The summed E-state index contributed by atoms with van der Waals surface area (Å²) in [7, 11) is 1.71. The van der Waals surface area contributed by atoms with Crippen LogP contribution < -0.4 is 14.2 Å². The smallest absolute Gasteiger partial charge is 0.343 e. The second-order valence-electron chi connectivity index (χ2n) is 12.5. The number of hydrogen-bond donors (Lipinski definition) is 0. The highest BCUT2D eigenvalue weighted by molar-refractivity contribution is 5.91. The van der Waals surface area contributed by atoms with E-state index < -0.39 is 18.2 Å². The summed E-state index contributed by atoms with van der Waals surface area (Å²) in [6.07, 6.45) is 13.2. The molecule has 0 N–H and O–H groups in total. The molecule has 0 spiro atoms. The van der Waals surface area contributed by atoms with Crippen LogP contribution in [0.3, 0.4) is 0 Å². The molecule has 0 atom stereocenters. The zero-order valence-corrected chi connectivity index (χ0v) is 30.2. The van der Waals surface area contributed by atoms with Crippen LogP contribution in [0.15, 0.2) is 55.1 Å². The Hall–Kier alpha value is -3.93. The minimum Gasteiger partial charge on any atom is -0.490 e. The molecule has 1 heterocycles. The number of esters is 2. The predicted molar refractivity (Wildman–Crippen MR) is 192 cm³/mol. The first-order valence-electron chi connectivity index (χ1n) is 18.3. The van der Waals surface area contributed by atoms with E-state index in [9.17, 15) is 14.4 Å². The standard InChI is InChI=1S/C40H56O11/c1-3-38(42)48-27-15-9-8-14-26-47-37-28-34(19-22-36(37)46-25-13-7-6-11-23-44-2)39(43)51-35-20-17-33(18-21-35)40-49-29-32(30-50-40)16-10-4-5-12-24-45-31-41/h3,17-22,28,31-32,40H,1,4-16,23-27,29-30H2,2H3. The van der Waals surface area contributed by atoms with Crippen molar-refractivity contribution in [2.75, 3.05) is 53.4 Å². The lowest BCUT2D eigenvalue weighted by Crippen LogP contribution is -2.27. The van der Waals surface area contributed by atoms with Crippen molar-refractivity contribution in [2.45, 2.75) is 89.8 Å². The summed E-state index contributed by atoms with van der Waals surface area (Å²) in [5.74, 6) is 0.924. The number of ether oxygens (including phenoxy) is 8. The molecule has 0 unspecified atom stereocenters. The van der Waals surface area contributed by atoms with Crippen LogP contribution in [0.4, 0.5) is 0 Å². The first kappa shape index (κ1) is 41.5. The molecule has 0 bridgehead atoms. The van der Waals surface area contributed by atoms with E-state index in [2.05, 4.69) is 6.58 Å². The van der Waals surface area contributed by atoms with Crippen LogP contribution in [-0.4, -0.2) is 71.8 Å². The maximum Gasteiger partial charge on any atom is 0.343 e. The number of unbranched alkanes of at least 4 members (excludes halogenated alkanes) is 9. The maximum atomic E-state index is 13.2. The highest BCUT2D eigenvalue weighted by Gasteiger charge is 2.23. The van der Waals surface area contributed by atoms with Crippen LogP contribution in [-0.2, 0) is 33.3 Å². The van der Waals surface area contributed by atoms with Gasteiger partial charge in [-0.15, -0.1) is 0 Å². The number of carbonyl (C=O) groups is 3. The second kappa shape index (κ2) is 25.9. The molecular formula is C40H56O11. The van der Waals surface area contributed by atoms with Crippen molar-refractivity contribution in [3.05, 3.63) is 66.2 Å². The van der Waals surface area contributed by atoms with Gasteiger partial charge in [0.05, 0.1) is 45.2 Å². The van der Waals surface area contributed by atoms with Gasteiger partial charge in [0.25, 0.3) is 6.47 Å². The van der Waals surface area contributed by atoms with Crippen LogP contribution in [0.2, 0.25) is 0 Å². The minimum absolute atomic E-state index is 0.351. The number of hydrogen-bond acceptors (Lipinski definition) is 11. The largest absolute Gasteiger partial charge is 0.490 e. The van der Waals surface area contributed by atoms with Gasteiger partial charge in [0.2, 0.25) is 0 Å². The van der Waals surface area contributed by atoms with E-state index in [1.54, 1.807) is 37.4 Å². The molecule has 282 valence electrons. The Morgan fingerprint density at radius 3 is 2.00 bits per heavy atom. The van der Waals surface area contributed by atoms with Gasteiger partial charge in [-0.2, -0.15) is 0 Å². The number of rotatable bonds is 28. The lowest BCUT2D eigenvalue weighted by atomic mass is 10.0. The van der Waals surface area contributed by atoms with Crippen molar-refractivity contribution in [3.63, 3.8) is 0 Å². The molecule has 1 fully saturated rings. The summed E-state index contributed by atoms with van der Waals surface area (Å²) in [4.78, 5) is 34.5. The average molecular weight is 713 g/mol. The molecule has 2 aromatic rings. The SMILES string of the molecule is C=CC(=O)OCCCCCCOc1cc(C(=O)Oc2ccc(C3OCC(CCCCCCOC=O)CO3)cc2)ccc1OCCCCCCOC. The topological polar surface area (TPSA) is 125 Å². The van der Waals surface area contributed by atoms with Crippen molar-refractivity contribution in [3.8, 4) is 17.2 Å². The molecule has 11 heteroatoms. The van der Waals surface area contributed by atoms with Gasteiger partial charge in [0, 0.05) is 31.3 Å². The quantitative estimate of drug-likeness (QED) is 0.0281. The van der Waals surface area contributed by atoms with E-state index >= 15 is 0 Å². The summed E-state index contributed by atoms with van der Waals surface area (Å²) in [6, 6.07) is 12.3. The molecular weight excluding hydrogens is 656 g/mol. The van der Waals surface area contributed by atoms with Gasteiger partial charge in [-0.05, 0) is 88.1 Å². The second-order valence-corrected chi connectivity index (χ2v) is 12.5. The lowest BCUT2D eigenvalue weighted by Gasteiger charge is -2.29. The van der Waals surface area contributed by atoms with Crippen LogP contribution in [0, 0.1) is 5.92 Å². The van der Waals surface area contributed by atoms with E-state index in [0.29, 0.717) is 74.8 Å². The molecule has 0 amide bonds. The van der Waals surface area contributed by atoms with E-state index in [1.165, 1.54) is 0 Å². The maximum absolute atomic E-state index is 13.2. The van der Waals surface area contributed by atoms with Gasteiger partial charge >= 0.3 is 11.9 Å². The normalized spacial score (nSPS) is 15.5. The van der Waals surface area contributed by atoms with E-state index in [-0.39, 0.29) is 0 Å². The van der Waals surface area contributed by atoms with Crippen LogP contribution in [0.25, 0.3) is 0 Å². The van der Waals surface area contributed by atoms with Gasteiger partial charge in [0.15, 0.2) is 17.8 Å². The molecule has 11 nitrogen and oxygen atoms in total. The highest BCUT2D eigenvalue weighted by Crippen LogP contribution is 2.31. The Bertz CT molecular complexity index is 1270. The Balaban J connectivity index is 1.47. The summed E-state index contributed by atoms with van der Waals surface area (Å²) >= 11 is 0. The number of methoxy groups -OCH3 is 1. The third kappa shape index (κ3) is 17.2. The summed E-state index contributed by atoms with van der Waals surface area (Å²) in [5.41, 5.74) is 1.21. The highest BCUT2D eigenvalue weighted by atomic mass is 16.7. The molecule has 0 aromatic heterocycles. The molecule has 0 saturated carbocycles. The molecule has 3 rings (SSSR count). The van der Waals surface area contributed by atoms with Crippen molar-refractivity contribution in [1.82, 2.24) is 0 Å². The van der Waals surface area contributed by atoms with Crippen LogP contribution in [0.5, 0.6) is 17.2 Å². The van der Waals surface area contributed by atoms with Gasteiger partial charge in [-0.1, -0.05) is 44.4 Å². The Morgan fingerprint density at radius 2 is 1.35 bits per heavy atom. The third-order valence-corrected chi connectivity index (χ3v) is 8.41. The van der Waals surface area contributed by atoms with Crippen LogP contribution in [0.1, 0.15) is 106 Å². The lowest BCUT2D eigenvalue weighted by molar-refractivity contribution is -0.206. The van der Waals surface area contributed by atoms with Crippen molar-refractivity contribution in [1.29, 1.82) is 0 Å². The zero-order valence-electron chi connectivity index (χ0n) is 30.2. The minimum atomic E-state index is -0.504. The fourth-order valence-electron chi connectivity index (χ4n) is 5.50. The fourth-order valence-corrected chi connectivity index (χ4v) is 5.50. The van der Waals surface area contributed by atoms with Gasteiger partial charge in [-0.3, -0.25) is 4.79 Å². The van der Waals surface area contributed by atoms with Gasteiger partial charge < -0.3 is 37.9 Å². The Morgan fingerprint density at radius 1 is 0.745 bits per heavy atom. The number of benzene rings is 2. The van der Waals surface area contributed by atoms with Crippen molar-refractivity contribution >= 4 is 18.4 Å². The van der Waals surface area contributed by atoms with Gasteiger partial charge in [-0.25, -0.2) is 9.59 Å². The van der Waals surface area contributed by atoms with E-state index in [4.69, 9.17) is 37.9 Å². The van der Waals surface area contributed by atoms with E-state index in [1.807, 2.05) is 12.1 Å². The average Bonchev–Trinajstić information content (AvgIpc) is 3.16. The first-order chi connectivity index (χ1) is 25.0. The van der Waals surface area contributed by atoms with Crippen LogP contribution >= 0.6 is 0 Å². The summed E-state index contributed by atoms with van der Waals surface area (Å²) in [6.45, 7) is 7.74. The molecule has 51 heavy (non-hydrogen) atoms. The first-order valence-corrected chi connectivity index (χ1v) is 18.3. The van der Waals surface area contributed by atoms with Crippen molar-refractivity contribution < 1.29 is 52.3 Å². The van der Waals surface area contributed by atoms with Gasteiger partial charge in [0.1, 0.15) is 5.75 Å². The predicted octanol–water partition coefficient (Wildman–Crippen LogP) is 7.94. The van der Waals surface area contributed by atoms with Crippen molar-refractivity contribution in [2.24, 2.45) is 5.92 Å². The monoisotopic (exact) mass is 712 g/mol.